The Kier molecular flexibility index (Phi) is 6.45. The van der Waals surface area contributed by atoms with Crippen molar-refractivity contribution >= 4 is 35.0 Å². The van der Waals surface area contributed by atoms with E-state index in [1.165, 1.54) is 5.57 Å². The number of hydrogen-bond acceptors (Lipinski definition) is 2. The first-order valence-electron chi connectivity index (χ1n) is 10.7. The summed E-state index contributed by atoms with van der Waals surface area (Å²) in [7, 11) is 0. The van der Waals surface area contributed by atoms with Crippen LogP contribution in [0.15, 0.2) is 84.9 Å². The van der Waals surface area contributed by atoms with Crippen molar-refractivity contribution in [1.29, 1.82) is 0 Å². The molecule has 0 saturated carbocycles. The Morgan fingerprint density at radius 3 is 2.41 bits per heavy atom. The normalized spacial score (nSPS) is 16.0. The monoisotopic (exact) mass is 423 g/mol. The van der Waals surface area contributed by atoms with E-state index in [0.29, 0.717) is 6.54 Å². The van der Waals surface area contributed by atoms with Crippen molar-refractivity contribution in [2.75, 3.05) is 6.54 Å². The summed E-state index contributed by atoms with van der Waals surface area (Å²) in [6.45, 7) is 2.60. The van der Waals surface area contributed by atoms with Gasteiger partial charge in [-0.25, -0.2) is 4.79 Å². The largest absolute Gasteiger partial charge is 0.629 e. The number of quaternary nitrogens is 1. The summed E-state index contributed by atoms with van der Waals surface area (Å²) < 4.78 is 0. The van der Waals surface area contributed by atoms with Crippen molar-refractivity contribution in [1.82, 2.24) is 0 Å². The second-order valence-corrected chi connectivity index (χ2v) is 7.70. The zero-order chi connectivity index (χ0) is 22.5. The average molecular weight is 424 g/mol. The molecule has 0 fully saturated rings. The second-order valence-electron chi connectivity index (χ2n) is 7.70. The lowest BCUT2D eigenvalue weighted by atomic mass is 9.87. The van der Waals surface area contributed by atoms with Gasteiger partial charge in [0, 0.05) is 17.7 Å². The van der Waals surface area contributed by atoms with Gasteiger partial charge in [0.25, 0.3) is 0 Å². The number of hydroxylamine groups is 1. The van der Waals surface area contributed by atoms with Crippen LogP contribution >= 0.6 is 0 Å². The summed E-state index contributed by atoms with van der Waals surface area (Å²) in [4.78, 5) is 10.8. The first kappa shape index (κ1) is 21.5. The first-order valence-corrected chi connectivity index (χ1v) is 10.7. The van der Waals surface area contributed by atoms with Crippen molar-refractivity contribution in [2.45, 2.75) is 13.3 Å². The van der Waals surface area contributed by atoms with Gasteiger partial charge in [0.15, 0.2) is 0 Å². The van der Waals surface area contributed by atoms with Crippen LogP contribution in [0.5, 0.6) is 0 Å². The highest BCUT2D eigenvalue weighted by molar-refractivity contribution is 5.99. The Bertz CT molecular complexity index is 1210. The molecule has 4 rings (SSSR count). The van der Waals surface area contributed by atoms with E-state index in [9.17, 15) is 10.0 Å². The predicted molar refractivity (Wildman–Crippen MR) is 130 cm³/mol. The number of benzene rings is 3. The van der Waals surface area contributed by atoms with Crippen LogP contribution in [0.1, 0.15) is 41.2 Å². The lowest BCUT2D eigenvalue weighted by Gasteiger charge is -2.26. The quantitative estimate of drug-likeness (QED) is 0.326. The highest BCUT2D eigenvalue weighted by Gasteiger charge is 2.17. The topological polar surface area (TPSA) is 64.8 Å². The Labute approximate surface area is 188 Å². The van der Waals surface area contributed by atoms with Crippen LogP contribution in [-0.4, -0.2) is 17.6 Å². The lowest BCUT2D eigenvalue weighted by molar-refractivity contribution is -0.769. The molecule has 0 saturated heterocycles. The zero-order valence-corrected chi connectivity index (χ0v) is 17.9. The summed E-state index contributed by atoms with van der Waals surface area (Å²) >= 11 is 0. The van der Waals surface area contributed by atoms with E-state index >= 15 is 0 Å². The molecule has 1 atom stereocenters. The standard InChI is InChI=1S/C28H25NO3/c1-2-25(21-7-4-3-5-8-21)28(22-13-10-20(11-14-22)12-17-27(30)31)24-15-16-26-23(19-24)9-6-18-29(26)32/h3-17,19,29H,2,18H2,1H3,(H,30,31)/b17-12+,28-25+. The molecule has 0 spiro atoms. The van der Waals surface area contributed by atoms with Crippen LogP contribution in [0.2, 0.25) is 0 Å². The molecule has 2 N–H and O–H groups in total. The minimum absolute atomic E-state index is 0.146. The highest BCUT2D eigenvalue weighted by Crippen LogP contribution is 2.36. The van der Waals surface area contributed by atoms with Gasteiger partial charge in [-0.15, -0.1) is 0 Å². The molecule has 0 amide bonds. The fourth-order valence-corrected chi connectivity index (χ4v) is 4.12. The molecule has 3 aromatic rings. The molecular weight excluding hydrogens is 398 g/mol. The van der Waals surface area contributed by atoms with Gasteiger partial charge < -0.3 is 15.4 Å². The van der Waals surface area contributed by atoms with Gasteiger partial charge in [0.05, 0.1) is 0 Å². The van der Waals surface area contributed by atoms with Gasteiger partial charge in [-0.2, -0.15) is 0 Å². The number of hydrogen-bond donors (Lipinski definition) is 2. The molecule has 1 aliphatic rings. The molecule has 3 aromatic carbocycles. The van der Waals surface area contributed by atoms with Crippen molar-refractivity contribution in [3.05, 3.63) is 118 Å². The van der Waals surface area contributed by atoms with Crippen LogP contribution < -0.4 is 5.06 Å². The van der Waals surface area contributed by atoms with Gasteiger partial charge in [-0.1, -0.05) is 61.5 Å². The SMILES string of the molecule is CC/C(=C(/c1ccc(/C=C/C(=O)O)cc1)c1ccc2c(c1)C=CC[NH+]2[O-])c1ccccc1. The summed E-state index contributed by atoms with van der Waals surface area (Å²) in [5, 5.41) is 21.3. The van der Waals surface area contributed by atoms with Gasteiger partial charge in [-0.3, -0.25) is 0 Å². The van der Waals surface area contributed by atoms with E-state index in [-0.39, 0.29) is 5.06 Å². The van der Waals surface area contributed by atoms with Crippen molar-refractivity contribution < 1.29 is 15.0 Å². The summed E-state index contributed by atoms with van der Waals surface area (Å²) in [5.74, 6) is -0.969. The van der Waals surface area contributed by atoms with Crippen molar-refractivity contribution in [3.8, 4) is 0 Å². The third-order valence-corrected chi connectivity index (χ3v) is 5.64. The molecule has 4 heteroatoms. The molecule has 0 aliphatic carbocycles. The lowest BCUT2D eigenvalue weighted by Crippen LogP contribution is -3.02. The summed E-state index contributed by atoms with van der Waals surface area (Å²) in [5.41, 5.74) is 8.12. The Balaban J connectivity index is 1.88. The maximum absolute atomic E-state index is 12.3. The van der Waals surface area contributed by atoms with E-state index in [0.717, 1.165) is 51.6 Å². The van der Waals surface area contributed by atoms with Crippen molar-refractivity contribution in [2.24, 2.45) is 0 Å². The average Bonchev–Trinajstić information content (AvgIpc) is 2.82. The minimum Gasteiger partial charge on any atom is -0.629 e. The summed E-state index contributed by atoms with van der Waals surface area (Å²) in [6.07, 6.45) is 7.50. The van der Waals surface area contributed by atoms with Crippen LogP contribution in [-0.2, 0) is 4.79 Å². The number of nitrogens with one attached hydrogen (secondary N) is 1. The van der Waals surface area contributed by atoms with Gasteiger partial charge in [-0.05, 0) is 70.2 Å². The third kappa shape index (κ3) is 4.62. The van der Waals surface area contributed by atoms with Gasteiger partial charge in [0.2, 0.25) is 0 Å². The smallest absolute Gasteiger partial charge is 0.328 e. The molecule has 1 heterocycles. The molecule has 32 heavy (non-hydrogen) atoms. The molecule has 0 bridgehead atoms. The molecule has 1 unspecified atom stereocenters. The maximum atomic E-state index is 12.3. The first-order chi connectivity index (χ1) is 15.6. The van der Waals surface area contributed by atoms with Crippen LogP contribution in [0.4, 0.5) is 5.69 Å². The Morgan fingerprint density at radius 1 is 1.00 bits per heavy atom. The zero-order valence-electron chi connectivity index (χ0n) is 17.9. The molecule has 4 nitrogen and oxygen atoms in total. The van der Waals surface area contributed by atoms with E-state index < -0.39 is 5.97 Å². The number of carboxylic acids is 1. The second kappa shape index (κ2) is 9.60. The molecule has 0 radical (unpaired) electrons. The van der Waals surface area contributed by atoms with Gasteiger partial charge >= 0.3 is 5.97 Å². The molecule has 1 aliphatic heterocycles. The fraction of sp³-hybridized carbons (Fsp3) is 0.107. The van der Waals surface area contributed by atoms with Crippen LogP contribution in [0, 0.1) is 5.21 Å². The van der Waals surface area contributed by atoms with E-state index in [1.807, 2.05) is 66.7 Å². The van der Waals surface area contributed by atoms with Gasteiger partial charge in [0.1, 0.15) is 12.2 Å². The van der Waals surface area contributed by atoms with E-state index in [4.69, 9.17) is 5.11 Å². The third-order valence-electron chi connectivity index (χ3n) is 5.64. The number of carboxylic acid groups (broad SMARTS) is 1. The Morgan fingerprint density at radius 2 is 1.72 bits per heavy atom. The van der Waals surface area contributed by atoms with Crippen LogP contribution in [0.3, 0.4) is 0 Å². The minimum atomic E-state index is -0.969. The number of aliphatic carboxylic acids is 1. The van der Waals surface area contributed by atoms with E-state index in [2.05, 4.69) is 25.1 Å². The van der Waals surface area contributed by atoms with Crippen molar-refractivity contribution in [3.63, 3.8) is 0 Å². The highest BCUT2D eigenvalue weighted by atomic mass is 16.5. The number of fused-ring (bicyclic) bond motifs is 1. The fourth-order valence-electron chi connectivity index (χ4n) is 4.12. The number of rotatable bonds is 6. The van der Waals surface area contributed by atoms with E-state index in [1.54, 1.807) is 6.08 Å². The number of carbonyl (C=O) groups is 1. The Hall–Kier alpha value is -3.73. The molecule has 160 valence electrons. The number of allylic oxidation sites excluding steroid dienone is 1. The molecule has 0 aromatic heterocycles. The van der Waals surface area contributed by atoms with Crippen LogP contribution in [0.25, 0.3) is 23.3 Å². The molecular formula is C28H25NO3. The predicted octanol–water partition coefficient (Wildman–Crippen LogP) is 5.19. The summed E-state index contributed by atoms with van der Waals surface area (Å²) in [6, 6.07) is 24.3. The maximum Gasteiger partial charge on any atom is 0.328 e.